The van der Waals surface area contributed by atoms with Gasteiger partial charge in [0.1, 0.15) is 11.8 Å². The van der Waals surface area contributed by atoms with Gasteiger partial charge in [0, 0.05) is 13.1 Å². The molecule has 2 rings (SSSR count). The summed E-state index contributed by atoms with van der Waals surface area (Å²) < 4.78 is 33.7. The first kappa shape index (κ1) is 14.6. The first-order valence-electron chi connectivity index (χ1n) is 6.50. The van der Waals surface area contributed by atoms with E-state index in [0.717, 1.165) is 19.3 Å². The Labute approximate surface area is 119 Å². The van der Waals surface area contributed by atoms with Gasteiger partial charge in [-0.05, 0) is 25.0 Å². The predicted octanol–water partition coefficient (Wildman–Crippen LogP) is 1.73. The molecule has 1 aliphatic heterocycles. The largest absolute Gasteiger partial charge is 0.477 e. The van der Waals surface area contributed by atoms with Gasteiger partial charge in [-0.1, -0.05) is 18.6 Å². The van der Waals surface area contributed by atoms with Gasteiger partial charge in [0.25, 0.3) is 0 Å². The molecular weight excluding hydrogens is 278 g/mol. The minimum Gasteiger partial charge on any atom is -0.477 e. The van der Waals surface area contributed by atoms with Crippen molar-refractivity contribution in [2.45, 2.75) is 19.3 Å². The number of ether oxygens (including phenoxy) is 1. The fourth-order valence-corrected chi connectivity index (χ4v) is 3.41. The van der Waals surface area contributed by atoms with Crippen LogP contribution in [0.5, 0.6) is 5.75 Å². The number of nitrogens with zero attached hydrogens (tertiary/aromatic N) is 2. The quantitative estimate of drug-likeness (QED) is 0.896. The molecule has 0 saturated carbocycles. The summed E-state index contributed by atoms with van der Waals surface area (Å²) in [5, 5.41) is 8.53. The van der Waals surface area contributed by atoms with E-state index in [2.05, 4.69) is 4.72 Å². The third-order valence-electron chi connectivity index (χ3n) is 3.07. The molecule has 7 heteroatoms. The van der Waals surface area contributed by atoms with Crippen molar-refractivity contribution in [2.75, 3.05) is 24.4 Å². The molecule has 6 nitrogen and oxygen atoms in total. The van der Waals surface area contributed by atoms with Gasteiger partial charge < -0.3 is 4.74 Å². The molecule has 1 fully saturated rings. The first-order valence-corrected chi connectivity index (χ1v) is 7.94. The van der Waals surface area contributed by atoms with Crippen LogP contribution in [0.25, 0.3) is 0 Å². The molecule has 0 unspecified atom stereocenters. The minimum absolute atomic E-state index is 0.123. The van der Waals surface area contributed by atoms with Crippen LogP contribution in [0.15, 0.2) is 24.3 Å². The van der Waals surface area contributed by atoms with E-state index in [1.165, 1.54) is 4.31 Å². The van der Waals surface area contributed by atoms with E-state index in [1.54, 1.807) is 24.3 Å². The summed E-state index contributed by atoms with van der Waals surface area (Å²) in [6.07, 6.45) is 2.83. The Morgan fingerprint density at radius 2 is 1.95 bits per heavy atom. The fraction of sp³-hybridized carbons (Fsp3) is 0.462. The number of benzene rings is 1. The van der Waals surface area contributed by atoms with Crippen LogP contribution in [-0.4, -0.2) is 32.4 Å². The molecule has 0 spiro atoms. The Morgan fingerprint density at radius 1 is 1.25 bits per heavy atom. The molecule has 0 bridgehead atoms. The average molecular weight is 295 g/mol. The van der Waals surface area contributed by atoms with E-state index in [1.807, 2.05) is 6.07 Å². The zero-order chi connectivity index (χ0) is 14.4. The third kappa shape index (κ3) is 3.62. The Hall–Kier alpha value is -1.78. The maximum absolute atomic E-state index is 12.3. The van der Waals surface area contributed by atoms with Gasteiger partial charge in [-0.3, -0.25) is 4.72 Å². The van der Waals surface area contributed by atoms with Crippen molar-refractivity contribution in [3.63, 3.8) is 0 Å². The van der Waals surface area contributed by atoms with Crippen LogP contribution in [0.1, 0.15) is 19.3 Å². The maximum atomic E-state index is 12.3. The van der Waals surface area contributed by atoms with E-state index >= 15 is 0 Å². The second kappa shape index (κ2) is 6.59. The highest BCUT2D eigenvalue weighted by Gasteiger charge is 2.24. The Bertz CT molecular complexity index is 589. The van der Waals surface area contributed by atoms with Crippen molar-refractivity contribution in [3.8, 4) is 11.8 Å². The van der Waals surface area contributed by atoms with E-state index < -0.39 is 10.2 Å². The number of hydrogen-bond acceptors (Lipinski definition) is 4. The molecule has 108 valence electrons. The van der Waals surface area contributed by atoms with Crippen LogP contribution < -0.4 is 9.46 Å². The SMILES string of the molecule is N#CCOc1ccccc1NS(=O)(=O)N1CCCCC1. The lowest BCUT2D eigenvalue weighted by molar-refractivity contribution is 0.348. The first-order chi connectivity index (χ1) is 9.63. The lowest BCUT2D eigenvalue weighted by Crippen LogP contribution is -2.39. The standard InChI is InChI=1S/C13H17N3O3S/c14-8-11-19-13-7-3-2-6-12(13)15-20(17,18)16-9-4-1-5-10-16/h2-3,6-7,15H,1,4-5,9-11H2. The summed E-state index contributed by atoms with van der Waals surface area (Å²) in [5.41, 5.74) is 0.355. The molecule has 0 atom stereocenters. The van der Waals surface area contributed by atoms with Crippen molar-refractivity contribution in [1.29, 1.82) is 5.26 Å². The number of para-hydroxylation sites is 2. The van der Waals surface area contributed by atoms with Gasteiger partial charge in [-0.2, -0.15) is 18.0 Å². The van der Waals surface area contributed by atoms with Crippen molar-refractivity contribution in [3.05, 3.63) is 24.3 Å². The molecule has 20 heavy (non-hydrogen) atoms. The highest BCUT2D eigenvalue weighted by Crippen LogP contribution is 2.26. The van der Waals surface area contributed by atoms with Gasteiger partial charge in [-0.25, -0.2) is 0 Å². The lowest BCUT2D eigenvalue weighted by Gasteiger charge is -2.26. The minimum atomic E-state index is -3.56. The second-order valence-corrected chi connectivity index (χ2v) is 6.18. The smallest absolute Gasteiger partial charge is 0.301 e. The van der Waals surface area contributed by atoms with Crippen LogP contribution in [0.2, 0.25) is 0 Å². The zero-order valence-electron chi connectivity index (χ0n) is 11.1. The lowest BCUT2D eigenvalue weighted by atomic mass is 10.2. The van der Waals surface area contributed by atoms with E-state index in [9.17, 15) is 8.42 Å². The zero-order valence-corrected chi connectivity index (χ0v) is 11.9. The monoisotopic (exact) mass is 295 g/mol. The summed E-state index contributed by atoms with van der Waals surface area (Å²) in [4.78, 5) is 0. The third-order valence-corrected chi connectivity index (χ3v) is 4.60. The number of rotatable bonds is 5. The van der Waals surface area contributed by atoms with Crippen LogP contribution >= 0.6 is 0 Å². The van der Waals surface area contributed by atoms with Crippen molar-refractivity contribution in [2.24, 2.45) is 0 Å². The average Bonchev–Trinajstić information content (AvgIpc) is 2.47. The Morgan fingerprint density at radius 3 is 2.65 bits per heavy atom. The molecule has 0 aliphatic carbocycles. The van der Waals surface area contributed by atoms with Crippen LogP contribution in [0, 0.1) is 11.3 Å². The molecule has 0 radical (unpaired) electrons. The summed E-state index contributed by atoms with van der Waals surface area (Å²) in [6, 6.07) is 8.55. The van der Waals surface area contributed by atoms with Gasteiger partial charge in [0.05, 0.1) is 5.69 Å². The van der Waals surface area contributed by atoms with Gasteiger partial charge in [0.2, 0.25) is 0 Å². The Kier molecular flexibility index (Phi) is 4.82. The molecular formula is C13H17N3O3S. The van der Waals surface area contributed by atoms with E-state index in [4.69, 9.17) is 10.00 Å². The summed E-state index contributed by atoms with van der Waals surface area (Å²) in [7, 11) is -3.56. The topological polar surface area (TPSA) is 82.4 Å². The van der Waals surface area contributed by atoms with Crippen molar-refractivity contribution in [1.82, 2.24) is 4.31 Å². The number of nitriles is 1. The van der Waals surface area contributed by atoms with E-state index in [-0.39, 0.29) is 6.61 Å². The summed E-state index contributed by atoms with van der Waals surface area (Å²) in [6.45, 7) is 0.954. The van der Waals surface area contributed by atoms with Crippen LogP contribution in [0.3, 0.4) is 0 Å². The van der Waals surface area contributed by atoms with Gasteiger partial charge in [0.15, 0.2) is 6.61 Å². The molecule has 0 aromatic heterocycles. The molecule has 1 heterocycles. The highest BCUT2D eigenvalue weighted by atomic mass is 32.2. The molecule has 1 aromatic carbocycles. The number of anilines is 1. The maximum Gasteiger partial charge on any atom is 0.301 e. The number of nitrogens with one attached hydrogen (secondary N) is 1. The molecule has 0 amide bonds. The van der Waals surface area contributed by atoms with Gasteiger partial charge in [-0.15, -0.1) is 0 Å². The number of piperidine rings is 1. The molecule has 1 N–H and O–H groups in total. The molecule has 1 saturated heterocycles. The fourth-order valence-electron chi connectivity index (χ4n) is 2.10. The number of hydrogen-bond donors (Lipinski definition) is 1. The molecule has 1 aromatic rings. The predicted molar refractivity (Wildman–Crippen MR) is 75.5 cm³/mol. The van der Waals surface area contributed by atoms with E-state index in [0.29, 0.717) is 24.5 Å². The van der Waals surface area contributed by atoms with Crippen molar-refractivity contribution >= 4 is 15.9 Å². The Balaban J connectivity index is 2.14. The van der Waals surface area contributed by atoms with Crippen LogP contribution in [0.4, 0.5) is 5.69 Å². The summed E-state index contributed by atoms with van der Waals surface area (Å²) in [5.74, 6) is 0.356. The highest BCUT2D eigenvalue weighted by molar-refractivity contribution is 7.90. The van der Waals surface area contributed by atoms with Crippen LogP contribution in [-0.2, 0) is 10.2 Å². The second-order valence-electron chi connectivity index (χ2n) is 4.51. The normalized spacial score (nSPS) is 16.4. The molecule has 1 aliphatic rings. The van der Waals surface area contributed by atoms with Gasteiger partial charge >= 0.3 is 10.2 Å². The summed E-state index contributed by atoms with van der Waals surface area (Å²) >= 11 is 0. The van der Waals surface area contributed by atoms with Crippen molar-refractivity contribution < 1.29 is 13.2 Å².